The van der Waals surface area contributed by atoms with E-state index < -0.39 is 0 Å². The first-order valence-corrected chi connectivity index (χ1v) is 10.4. The van der Waals surface area contributed by atoms with Crippen molar-refractivity contribution in [1.29, 1.82) is 0 Å². The van der Waals surface area contributed by atoms with Crippen LogP contribution in [0.15, 0.2) is 52.4 Å². The number of thiophene rings is 1. The number of carbonyl (C=O) groups excluding carboxylic acids is 2. The Morgan fingerprint density at radius 2 is 1.96 bits per heavy atom. The molecule has 0 saturated carbocycles. The van der Waals surface area contributed by atoms with Crippen LogP contribution in [0, 0.1) is 0 Å². The molecule has 3 aromatic rings. The van der Waals surface area contributed by atoms with Crippen molar-refractivity contribution >= 4 is 55.5 Å². The maximum Gasteiger partial charge on any atom is 0.261 e. The highest BCUT2D eigenvalue weighted by Crippen LogP contribution is 2.22. The lowest BCUT2D eigenvalue weighted by Crippen LogP contribution is -2.27. The molecule has 2 amide bonds. The number of nitrogens with zero attached hydrogens (tertiary/aromatic N) is 1. The van der Waals surface area contributed by atoms with Crippen molar-refractivity contribution < 1.29 is 9.59 Å². The average molecular weight is 450 g/mol. The molecule has 5 nitrogen and oxygen atoms in total. The molecule has 2 heterocycles. The summed E-state index contributed by atoms with van der Waals surface area (Å²) < 4.78 is 1.05. The van der Waals surface area contributed by atoms with Gasteiger partial charge in [-0.1, -0.05) is 34.1 Å². The molecule has 0 unspecified atom stereocenters. The van der Waals surface area contributed by atoms with Crippen LogP contribution in [-0.2, 0) is 11.2 Å². The summed E-state index contributed by atoms with van der Waals surface area (Å²) in [6.07, 6.45) is 2.76. The standard InChI is InChI=1S/C18H16BrN3O2S2/c19-13-5-3-12(4-6-13)10-14-11-21-18(26-14)22-16(23)7-8-20-17(24)15-2-1-9-25-15/h1-6,9,11H,7-8,10H2,(H,20,24)(H,21,22,23). The van der Waals surface area contributed by atoms with Gasteiger partial charge >= 0.3 is 0 Å². The average Bonchev–Trinajstić information content (AvgIpc) is 3.29. The summed E-state index contributed by atoms with van der Waals surface area (Å²) in [6.45, 7) is 0.291. The lowest BCUT2D eigenvalue weighted by molar-refractivity contribution is -0.116. The zero-order chi connectivity index (χ0) is 18.4. The van der Waals surface area contributed by atoms with E-state index in [1.54, 1.807) is 12.3 Å². The van der Waals surface area contributed by atoms with Gasteiger partial charge in [-0.2, -0.15) is 0 Å². The molecule has 0 bridgehead atoms. The lowest BCUT2D eigenvalue weighted by atomic mass is 10.1. The van der Waals surface area contributed by atoms with Gasteiger partial charge in [0.2, 0.25) is 5.91 Å². The monoisotopic (exact) mass is 449 g/mol. The second kappa shape index (κ2) is 9.07. The molecule has 0 spiro atoms. The number of carbonyl (C=O) groups is 2. The van der Waals surface area contributed by atoms with Gasteiger partial charge < -0.3 is 10.6 Å². The third kappa shape index (κ3) is 5.48. The molecule has 0 aliphatic rings. The number of amides is 2. The largest absolute Gasteiger partial charge is 0.351 e. The normalized spacial score (nSPS) is 10.5. The van der Waals surface area contributed by atoms with Gasteiger partial charge in [0.1, 0.15) is 0 Å². The summed E-state index contributed by atoms with van der Waals surface area (Å²) >= 11 is 6.25. The van der Waals surface area contributed by atoms with Crippen molar-refractivity contribution in [3.05, 3.63) is 67.8 Å². The van der Waals surface area contributed by atoms with Crippen molar-refractivity contribution in [3.8, 4) is 0 Å². The summed E-state index contributed by atoms with van der Waals surface area (Å²) in [7, 11) is 0. The van der Waals surface area contributed by atoms with E-state index in [-0.39, 0.29) is 18.2 Å². The number of benzene rings is 1. The van der Waals surface area contributed by atoms with Gasteiger partial charge in [-0.15, -0.1) is 22.7 Å². The van der Waals surface area contributed by atoms with Crippen LogP contribution in [0.1, 0.15) is 26.5 Å². The molecular weight excluding hydrogens is 434 g/mol. The van der Waals surface area contributed by atoms with Crippen molar-refractivity contribution in [2.45, 2.75) is 12.8 Å². The molecule has 8 heteroatoms. The van der Waals surface area contributed by atoms with Crippen molar-refractivity contribution in [1.82, 2.24) is 10.3 Å². The van der Waals surface area contributed by atoms with Gasteiger partial charge in [0.15, 0.2) is 5.13 Å². The summed E-state index contributed by atoms with van der Waals surface area (Å²) in [4.78, 5) is 29.7. The Morgan fingerprint density at radius 1 is 1.15 bits per heavy atom. The van der Waals surface area contributed by atoms with Gasteiger partial charge in [0, 0.05) is 34.9 Å². The van der Waals surface area contributed by atoms with Crippen molar-refractivity contribution in [3.63, 3.8) is 0 Å². The summed E-state index contributed by atoms with van der Waals surface area (Å²) in [5.74, 6) is -0.320. The minimum atomic E-state index is -0.166. The Bertz CT molecular complexity index is 876. The predicted molar refractivity (Wildman–Crippen MR) is 109 cm³/mol. The van der Waals surface area contributed by atoms with Crippen LogP contribution in [0.5, 0.6) is 0 Å². The Labute approximate surface area is 167 Å². The molecule has 2 aromatic heterocycles. The van der Waals surface area contributed by atoms with E-state index in [2.05, 4.69) is 43.7 Å². The van der Waals surface area contributed by atoms with Crippen LogP contribution in [0.3, 0.4) is 0 Å². The van der Waals surface area contributed by atoms with E-state index >= 15 is 0 Å². The SMILES string of the molecule is O=C(CCNC(=O)c1cccs1)Nc1ncc(Cc2ccc(Br)cc2)s1. The number of rotatable bonds is 7. The first-order valence-electron chi connectivity index (χ1n) is 7.91. The van der Waals surface area contributed by atoms with E-state index in [1.165, 1.54) is 28.2 Å². The maximum atomic E-state index is 12.0. The van der Waals surface area contributed by atoms with Gasteiger partial charge in [-0.3, -0.25) is 9.59 Å². The number of thiazole rings is 1. The molecule has 26 heavy (non-hydrogen) atoms. The molecule has 0 radical (unpaired) electrons. The maximum absolute atomic E-state index is 12.0. The fraction of sp³-hybridized carbons (Fsp3) is 0.167. The molecule has 0 aliphatic carbocycles. The zero-order valence-electron chi connectivity index (χ0n) is 13.7. The van der Waals surface area contributed by atoms with Gasteiger partial charge in [0.05, 0.1) is 4.88 Å². The molecule has 2 N–H and O–H groups in total. The number of nitrogens with one attached hydrogen (secondary N) is 2. The summed E-state index contributed by atoms with van der Waals surface area (Å²) in [5, 5.41) is 7.93. The molecule has 0 saturated heterocycles. The Morgan fingerprint density at radius 3 is 2.69 bits per heavy atom. The molecule has 0 fully saturated rings. The minimum Gasteiger partial charge on any atom is -0.351 e. The van der Waals surface area contributed by atoms with Crippen LogP contribution < -0.4 is 10.6 Å². The third-order valence-corrected chi connectivity index (χ3v) is 5.78. The predicted octanol–water partition coefficient (Wildman–Crippen LogP) is 4.32. The lowest BCUT2D eigenvalue weighted by Gasteiger charge is -2.03. The molecule has 0 atom stereocenters. The molecule has 3 rings (SSSR count). The van der Waals surface area contributed by atoms with Crippen LogP contribution in [0.2, 0.25) is 0 Å². The minimum absolute atomic E-state index is 0.154. The fourth-order valence-corrected chi connectivity index (χ4v) is 3.98. The van der Waals surface area contributed by atoms with E-state index in [9.17, 15) is 9.59 Å². The van der Waals surface area contributed by atoms with Gasteiger partial charge in [-0.25, -0.2) is 4.98 Å². The summed E-state index contributed by atoms with van der Waals surface area (Å²) in [6, 6.07) is 11.7. The first kappa shape index (κ1) is 18.8. The first-order chi connectivity index (χ1) is 12.6. The van der Waals surface area contributed by atoms with Crippen LogP contribution in [0.4, 0.5) is 5.13 Å². The third-order valence-electron chi connectivity index (χ3n) is 3.47. The smallest absolute Gasteiger partial charge is 0.261 e. The topological polar surface area (TPSA) is 71.1 Å². The molecule has 134 valence electrons. The van der Waals surface area contributed by atoms with Crippen LogP contribution in [-0.4, -0.2) is 23.3 Å². The highest BCUT2D eigenvalue weighted by atomic mass is 79.9. The second-order valence-electron chi connectivity index (χ2n) is 5.47. The highest BCUT2D eigenvalue weighted by Gasteiger charge is 2.09. The van der Waals surface area contributed by atoms with Gasteiger partial charge in [0.25, 0.3) is 5.91 Å². The van der Waals surface area contributed by atoms with Crippen molar-refractivity contribution in [2.24, 2.45) is 0 Å². The summed E-state index contributed by atoms with van der Waals surface area (Å²) in [5.41, 5.74) is 1.19. The molecular formula is C18H16BrN3O2S2. The van der Waals surface area contributed by atoms with E-state index in [4.69, 9.17) is 0 Å². The molecule has 0 aliphatic heterocycles. The second-order valence-corrected chi connectivity index (χ2v) is 8.44. The van der Waals surface area contributed by atoms with E-state index in [1.807, 2.05) is 23.6 Å². The van der Waals surface area contributed by atoms with E-state index in [0.29, 0.717) is 16.6 Å². The Hall–Kier alpha value is -2.03. The van der Waals surface area contributed by atoms with E-state index in [0.717, 1.165) is 15.8 Å². The van der Waals surface area contributed by atoms with Crippen LogP contribution >= 0.6 is 38.6 Å². The number of halogens is 1. The number of aromatic nitrogens is 1. The van der Waals surface area contributed by atoms with Crippen molar-refractivity contribution in [2.75, 3.05) is 11.9 Å². The zero-order valence-corrected chi connectivity index (χ0v) is 16.9. The quantitative estimate of drug-likeness (QED) is 0.564. The number of hydrogen-bond donors (Lipinski definition) is 2. The number of anilines is 1. The van der Waals surface area contributed by atoms with Crippen LogP contribution in [0.25, 0.3) is 0 Å². The molecule has 1 aromatic carbocycles. The number of hydrogen-bond acceptors (Lipinski definition) is 5. The Kier molecular flexibility index (Phi) is 6.54. The highest BCUT2D eigenvalue weighted by molar-refractivity contribution is 9.10. The fourth-order valence-electron chi connectivity index (χ4n) is 2.22. The Balaban J connectivity index is 1.44. The van der Waals surface area contributed by atoms with Gasteiger partial charge in [-0.05, 0) is 29.1 Å².